The van der Waals surface area contributed by atoms with Crippen molar-refractivity contribution in [2.45, 2.75) is 45.6 Å². The van der Waals surface area contributed by atoms with Gasteiger partial charge in [-0.05, 0) is 50.4 Å². The molecule has 0 aliphatic carbocycles. The standard InChI is InChI=1S/C17H29N3O/c1-5-14-8-10-15(11-9-14)20(4)13-7-12-17(3,16(18)21)19-6-2/h8-11,19H,5-7,12-13H2,1-4H3,(H2,18,21). The molecule has 0 aliphatic rings. The second kappa shape index (κ2) is 8.03. The maximum atomic E-state index is 11.6. The number of hydrogen-bond acceptors (Lipinski definition) is 3. The number of nitrogens with zero attached hydrogens (tertiary/aromatic N) is 1. The summed E-state index contributed by atoms with van der Waals surface area (Å²) < 4.78 is 0. The van der Waals surface area contributed by atoms with Gasteiger partial charge in [-0.2, -0.15) is 0 Å². The minimum atomic E-state index is -0.609. The van der Waals surface area contributed by atoms with Crippen LogP contribution in [0.1, 0.15) is 39.2 Å². The summed E-state index contributed by atoms with van der Waals surface area (Å²) in [7, 11) is 2.08. The maximum absolute atomic E-state index is 11.6. The molecule has 1 rings (SSSR count). The first-order chi connectivity index (χ1) is 9.92. The lowest BCUT2D eigenvalue weighted by Gasteiger charge is -2.28. The Kier molecular flexibility index (Phi) is 6.69. The van der Waals surface area contributed by atoms with Crippen LogP contribution in [0.3, 0.4) is 0 Å². The van der Waals surface area contributed by atoms with E-state index < -0.39 is 5.54 Å². The van der Waals surface area contributed by atoms with Gasteiger partial charge in [-0.25, -0.2) is 0 Å². The Morgan fingerprint density at radius 2 is 1.90 bits per heavy atom. The number of amides is 1. The summed E-state index contributed by atoms with van der Waals surface area (Å²) in [6.45, 7) is 7.68. The summed E-state index contributed by atoms with van der Waals surface area (Å²) in [5.41, 5.74) is 7.45. The van der Waals surface area contributed by atoms with E-state index in [4.69, 9.17) is 5.73 Å². The fourth-order valence-electron chi connectivity index (χ4n) is 2.47. The Morgan fingerprint density at radius 1 is 1.29 bits per heavy atom. The highest BCUT2D eigenvalue weighted by Gasteiger charge is 2.29. The predicted octanol–water partition coefficient (Wildman–Crippen LogP) is 2.32. The normalized spacial score (nSPS) is 13.7. The van der Waals surface area contributed by atoms with Crippen molar-refractivity contribution in [3.05, 3.63) is 29.8 Å². The summed E-state index contributed by atoms with van der Waals surface area (Å²) in [6, 6.07) is 8.63. The van der Waals surface area contributed by atoms with Gasteiger partial charge in [0.15, 0.2) is 0 Å². The molecule has 1 aromatic carbocycles. The molecular weight excluding hydrogens is 262 g/mol. The number of nitrogens with one attached hydrogen (secondary N) is 1. The molecule has 118 valence electrons. The van der Waals surface area contributed by atoms with Gasteiger partial charge in [0.05, 0.1) is 5.54 Å². The van der Waals surface area contributed by atoms with E-state index >= 15 is 0 Å². The predicted molar refractivity (Wildman–Crippen MR) is 89.6 cm³/mol. The highest BCUT2D eigenvalue weighted by Crippen LogP contribution is 2.17. The first-order valence-corrected chi connectivity index (χ1v) is 7.78. The molecule has 0 saturated carbocycles. The lowest BCUT2D eigenvalue weighted by Crippen LogP contribution is -2.53. The van der Waals surface area contributed by atoms with Crippen molar-refractivity contribution >= 4 is 11.6 Å². The molecule has 0 aromatic heterocycles. The molecule has 4 nitrogen and oxygen atoms in total. The Morgan fingerprint density at radius 3 is 2.38 bits per heavy atom. The summed E-state index contributed by atoms with van der Waals surface area (Å²) in [6.07, 6.45) is 2.72. The highest BCUT2D eigenvalue weighted by atomic mass is 16.1. The van der Waals surface area contributed by atoms with Crippen LogP contribution in [0.5, 0.6) is 0 Å². The number of anilines is 1. The molecule has 0 saturated heterocycles. The number of benzene rings is 1. The lowest BCUT2D eigenvalue weighted by molar-refractivity contribution is -0.124. The van der Waals surface area contributed by atoms with E-state index in [-0.39, 0.29) is 5.91 Å². The van der Waals surface area contributed by atoms with Crippen LogP contribution in [0.15, 0.2) is 24.3 Å². The number of carbonyl (C=O) groups excluding carboxylic acids is 1. The zero-order chi connectivity index (χ0) is 15.9. The minimum Gasteiger partial charge on any atom is -0.375 e. The topological polar surface area (TPSA) is 58.4 Å². The van der Waals surface area contributed by atoms with Crippen LogP contribution in [-0.4, -0.2) is 31.6 Å². The fourth-order valence-corrected chi connectivity index (χ4v) is 2.47. The first kappa shape index (κ1) is 17.5. The number of carbonyl (C=O) groups is 1. The third-order valence-electron chi connectivity index (χ3n) is 4.07. The quantitative estimate of drug-likeness (QED) is 0.734. The van der Waals surface area contributed by atoms with Gasteiger partial charge in [0.1, 0.15) is 0 Å². The molecule has 1 unspecified atom stereocenters. The molecule has 1 amide bonds. The van der Waals surface area contributed by atoms with Crippen molar-refractivity contribution in [1.82, 2.24) is 5.32 Å². The molecule has 0 bridgehead atoms. The Hall–Kier alpha value is -1.55. The van der Waals surface area contributed by atoms with E-state index in [0.717, 1.165) is 32.4 Å². The summed E-state index contributed by atoms with van der Waals surface area (Å²) in [5, 5.41) is 3.19. The number of aryl methyl sites for hydroxylation is 1. The number of primary amides is 1. The minimum absolute atomic E-state index is 0.278. The van der Waals surface area contributed by atoms with Crippen LogP contribution in [0.25, 0.3) is 0 Å². The molecule has 21 heavy (non-hydrogen) atoms. The number of likely N-dealkylation sites (N-methyl/N-ethyl adjacent to an activating group) is 1. The average Bonchev–Trinajstić information content (AvgIpc) is 2.47. The van der Waals surface area contributed by atoms with Crippen molar-refractivity contribution < 1.29 is 4.79 Å². The average molecular weight is 291 g/mol. The highest BCUT2D eigenvalue weighted by molar-refractivity contribution is 5.84. The third kappa shape index (κ3) is 5.05. The largest absolute Gasteiger partial charge is 0.375 e. The molecule has 0 aliphatic heterocycles. The van der Waals surface area contributed by atoms with Gasteiger partial charge < -0.3 is 16.0 Å². The Labute approximate surface area is 128 Å². The van der Waals surface area contributed by atoms with E-state index in [1.807, 2.05) is 13.8 Å². The second-order valence-corrected chi connectivity index (χ2v) is 5.77. The van der Waals surface area contributed by atoms with Crippen molar-refractivity contribution in [2.24, 2.45) is 5.73 Å². The molecule has 4 heteroatoms. The van der Waals surface area contributed by atoms with E-state index in [1.165, 1.54) is 11.3 Å². The zero-order valence-electron chi connectivity index (χ0n) is 13.8. The van der Waals surface area contributed by atoms with E-state index in [9.17, 15) is 4.79 Å². The van der Waals surface area contributed by atoms with Crippen molar-refractivity contribution in [1.29, 1.82) is 0 Å². The molecule has 0 fully saturated rings. The molecule has 3 N–H and O–H groups in total. The molecule has 0 radical (unpaired) electrons. The third-order valence-corrected chi connectivity index (χ3v) is 4.07. The number of hydrogen-bond donors (Lipinski definition) is 2. The van der Waals surface area contributed by atoms with Crippen LogP contribution in [0, 0.1) is 0 Å². The van der Waals surface area contributed by atoms with Crippen molar-refractivity contribution in [3.63, 3.8) is 0 Å². The van der Waals surface area contributed by atoms with E-state index in [1.54, 1.807) is 0 Å². The van der Waals surface area contributed by atoms with E-state index in [2.05, 4.69) is 48.5 Å². The maximum Gasteiger partial charge on any atom is 0.237 e. The number of nitrogens with two attached hydrogens (primary N) is 1. The zero-order valence-corrected chi connectivity index (χ0v) is 13.8. The fraction of sp³-hybridized carbons (Fsp3) is 0.588. The van der Waals surface area contributed by atoms with Gasteiger partial charge in [-0.1, -0.05) is 26.0 Å². The molecule has 1 atom stereocenters. The second-order valence-electron chi connectivity index (χ2n) is 5.77. The van der Waals surface area contributed by atoms with Crippen LogP contribution < -0.4 is 16.0 Å². The van der Waals surface area contributed by atoms with Crippen molar-refractivity contribution in [2.75, 3.05) is 25.0 Å². The Balaban J connectivity index is 2.51. The summed E-state index contributed by atoms with van der Waals surface area (Å²) >= 11 is 0. The Bertz CT molecular complexity index is 444. The monoisotopic (exact) mass is 291 g/mol. The van der Waals surface area contributed by atoms with Gasteiger partial charge in [0.25, 0.3) is 0 Å². The van der Waals surface area contributed by atoms with Crippen molar-refractivity contribution in [3.8, 4) is 0 Å². The van der Waals surface area contributed by atoms with Gasteiger partial charge in [0.2, 0.25) is 5.91 Å². The number of rotatable bonds is 9. The first-order valence-electron chi connectivity index (χ1n) is 7.78. The molecule has 0 heterocycles. The molecule has 1 aromatic rings. The van der Waals surface area contributed by atoms with Crippen LogP contribution in [-0.2, 0) is 11.2 Å². The summed E-state index contributed by atoms with van der Waals surface area (Å²) in [5.74, 6) is -0.278. The lowest BCUT2D eigenvalue weighted by atomic mass is 9.94. The molecule has 0 spiro atoms. The smallest absolute Gasteiger partial charge is 0.237 e. The van der Waals surface area contributed by atoms with Crippen LogP contribution in [0.4, 0.5) is 5.69 Å². The molecular formula is C17H29N3O. The van der Waals surface area contributed by atoms with Gasteiger partial charge in [-0.15, -0.1) is 0 Å². The SMILES string of the molecule is CCNC(C)(CCCN(C)c1ccc(CC)cc1)C(N)=O. The summed E-state index contributed by atoms with van der Waals surface area (Å²) in [4.78, 5) is 13.8. The van der Waals surface area contributed by atoms with Gasteiger partial charge in [0, 0.05) is 19.3 Å². The van der Waals surface area contributed by atoms with Gasteiger partial charge >= 0.3 is 0 Å². The van der Waals surface area contributed by atoms with Gasteiger partial charge in [-0.3, -0.25) is 4.79 Å². The van der Waals surface area contributed by atoms with Crippen LogP contribution in [0.2, 0.25) is 0 Å². The van der Waals surface area contributed by atoms with E-state index in [0.29, 0.717) is 0 Å². The van der Waals surface area contributed by atoms with Crippen LogP contribution >= 0.6 is 0 Å².